The fourth-order valence-electron chi connectivity index (χ4n) is 1.76. The molecule has 0 aliphatic rings. The molecule has 0 spiro atoms. The molecule has 2 rings (SSSR count). The van der Waals surface area contributed by atoms with Crippen molar-refractivity contribution in [3.8, 4) is 5.75 Å². The first-order valence-electron chi connectivity index (χ1n) is 6.12. The van der Waals surface area contributed by atoms with E-state index in [4.69, 9.17) is 0 Å². The molecule has 3 heteroatoms. The molecule has 0 atom stereocenters. The van der Waals surface area contributed by atoms with Gasteiger partial charge in [-0.2, -0.15) is 0 Å². The average molecular weight is 272 g/mol. The second-order valence-corrected chi connectivity index (χ2v) is 5.54. The number of carbonyl (C=O) groups is 1. The standard InChI is InChI=1S/C16H16O2S/c1-12-3-2-4-16(9-12)19-11-15(18)10-13-5-7-14(17)8-6-13/h2-9,17H,10-11H2,1H3. The smallest absolute Gasteiger partial charge is 0.147 e. The van der Waals surface area contributed by atoms with Crippen LogP contribution >= 0.6 is 11.8 Å². The third kappa shape index (κ3) is 4.45. The van der Waals surface area contributed by atoms with Crippen LogP contribution in [0.2, 0.25) is 0 Å². The van der Waals surface area contributed by atoms with Gasteiger partial charge in [-0.15, -0.1) is 11.8 Å². The number of carbonyl (C=O) groups excluding carboxylic acids is 1. The molecular formula is C16H16O2S. The molecule has 0 unspecified atom stereocenters. The van der Waals surface area contributed by atoms with Crippen molar-refractivity contribution in [2.75, 3.05) is 5.75 Å². The Morgan fingerprint density at radius 1 is 1.16 bits per heavy atom. The summed E-state index contributed by atoms with van der Waals surface area (Å²) >= 11 is 1.57. The Kier molecular flexibility index (Phi) is 4.63. The number of aryl methyl sites for hydroxylation is 1. The highest BCUT2D eigenvalue weighted by molar-refractivity contribution is 8.00. The average Bonchev–Trinajstić information content (AvgIpc) is 2.39. The van der Waals surface area contributed by atoms with E-state index in [-0.39, 0.29) is 11.5 Å². The van der Waals surface area contributed by atoms with E-state index in [0.717, 1.165) is 10.5 Å². The maximum absolute atomic E-state index is 11.9. The maximum Gasteiger partial charge on any atom is 0.147 e. The molecule has 0 heterocycles. The molecule has 2 nitrogen and oxygen atoms in total. The van der Waals surface area contributed by atoms with Gasteiger partial charge in [-0.1, -0.05) is 29.8 Å². The van der Waals surface area contributed by atoms with Gasteiger partial charge in [0.15, 0.2) is 0 Å². The number of hydrogen-bond acceptors (Lipinski definition) is 3. The summed E-state index contributed by atoms with van der Waals surface area (Å²) < 4.78 is 0. The van der Waals surface area contributed by atoms with Gasteiger partial charge in [0, 0.05) is 11.3 Å². The molecule has 0 saturated carbocycles. The Morgan fingerprint density at radius 2 is 1.89 bits per heavy atom. The van der Waals surface area contributed by atoms with Gasteiger partial charge in [-0.25, -0.2) is 0 Å². The fraction of sp³-hybridized carbons (Fsp3) is 0.188. The third-order valence-electron chi connectivity index (χ3n) is 2.73. The van der Waals surface area contributed by atoms with Crippen molar-refractivity contribution >= 4 is 17.5 Å². The van der Waals surface area contributed by atoms with Gasteiger partial charge < -0.3 is 5.11 Å². The lowest BCUT2D eigenvalue weighted by atomic mass is 10.1. The second kappa shape index (κ2) is 6.43. The number of Topliss-reactive ketones (excluding diaryl/α,β-unsaturated/α-hetero) is 1. The van der Waals surface area contributed by atoms with Crippen LogP contribution in [0.25, 0.3) is 0 Å². The quantitative estimate of drug-likeness (QED) is 0.845. The highest BCUT2D eigenvalue weighted by atomic mass is 32.2. The zero-order valence-electron chi connectivity index (χ0n) is 10.8. The number of rotatable bonds is 5. The molecule has 98 valence electrons. The van der Waals surface area contributed by atoms with Crippen molar-refractivity contribution in [2.24, 2.45) is 0 Å². The Balaban J connectivity index is 1.86. The molecule has 0 aromatic heterocycles. The second-order valence-electron chi connectivity index (χ2n) is 4.49. The van der Waals surface area contributed by atoms with Crippen LogP contribution in [0, 0.1) is 6.92 Å². The Morgan fingerprint density at radius 3 is 2.58 bits per heavy atom. The van der Waals surface area contributed by atoms with Gasteiger partial charge in [-0.05, 0) is 36.8 Å². The zero-order valence-corrected chi connectivity index (χ0v) is 11.6. The van der Waals surface area contributed by atoms with E-state index in [1.807, 2.05) is 25.1 Å². The lowest BCUT2D eigenvalue weighted by Gasteiger charge is -2.03. The van der Waals surface area contributed by atoms with Crippen LogP contribution < -0.4 is 0 Å². The van der Waals surface area contributed by atoms with Crippen molar-refractivity contribution in [3.05, 3.63) is 59.7 Å². The zero-order chi connectivity index (χ0) is 13.7. The van der Waals surface area contributed by atoms with E-state index in [0.29, 0.717) is 12.2 Å². The number of hydrogen-bond donors (Lipinski definition) is 1. The topological polar surface area (TPSA) is 37.3 Å². The van der Waals surface area contributed by atoms with Crippen molar-refractivity contribution in [2.45, 2.75) is 18.2 Å². The lowest BCUT2D eigenvalue weighted by molar-refractivity contribution is -0.116. The molecule has 0 amide bonds. The predicted molar refractivity (Wildman–Crippen MR) is 78.7 cm³/mol. The van der Waals surface area contributed by atoms with Gasteiger partial charge in [-0.3, -0.25) is 4.79 Å². The summed E-state index contributed by atoms with van der Waals surface area (Å²) in [6.07, 6.45) is 0.416. The molecule has 0 aliphatic heterocycles. The van der Waals surface area contributed by atoms with Crippen LogP contribution in [0.3, 0.4) is 0 Å². The van der Waals surface area contributed by atoms with Crippen LogP contribution in [0.15, 0.2) is 53.4 Å². The summed E-state index contributed by atoms with van der Waals surface area (Å²) in [5, 5.41) is 9.18. The van der Waals surface area contributed by atoms with Crippen LogP contribution in [-0.4, -0.2) is 16.6 Å². The highest BCUT2D eigenvalue weighted by Gasteiger charge is 2.05. The number of benzene rings is 2. The van der Waals surface area contributed by atoms with Crippen molar-refractivity contribution in [3.63, 3.8) is 0 Å². The number of thioether (sulfide) groups is 1. The molecular weight excluding hydrogens is 256 g/mol. The van der Waals surface area contributed by atoms with Gasteiger partial charge in [0.05, 0.1) is 5.75 Å². The highest BCUT2D eigenvalue weighted by Crippen LogP contribution is 2.19. The van der Waals surface area contributed by atoms with Crippen molar-refractivity contribution in [1.29, 1.82) is 0 Å². The van der Waals surface area contributed by atoms with E-state index >= 15 is 0 Å². The van der Waals surface area contributed by atoms with Crippen molar-refractivity contribution < 1.29 is 9.90 Å². The van der Waals surface area contributed by atoms with Crippen molar-refractivity contribution in [1.82, 2.24) is 0 Å². The molecule has 2 aromatic rings. The SMILES string of the molecule is Cc1cccc(SCC(=O)Cc2ccc(O)cc2)c1. The first kappa shape index (κ1) is 13.7. The van der Waals surface area contributed by atoms with Gasteiger partial charge >= 0.3 is 0 Å². The molecule has 1 N–H and O–H groups in total. The largest absolute Gasteiger partial charge is 0.508 e. The summed E-state index contributed by atoms with van der Waals surface area (Å²) in [5.41, 5.74) is 2.14. The van der Waals surface area contributed by atoms with Crippen LogP contribution in [0.4, 0.5) is 0 Å². The minimum atomic E-state index is 0.192. The summed E-state index contributed by atoms with van der Waals surface area (Å²) in [4.78, 5) is 13.0. The predicted octanol–water partition coefficient (Wildman–Crippen LogP) is 3.60. The fourth-order valence-corrected chi connectivity index (χ4v) is 2.64. The molecule has 2 aromatic carbocycles. The molecule has 0 fully saturated rings. The van der Waals surface area contributed by atoms with E-state index in [9.17, 15) is 9.90 Å². The molecule has 0 aliphatic carbocycles. The summed E-state index contributed by atoms with van der Waals surface area (Å²) in [6.45, 7) is 2.04. The Hall–Kier alpha value is -1.74. The monoisotopic (exact) mass is 272 g/mol. The lowest BCUT2D eigenvalue weighted by Crippen LogP contribution is -2.05. The Labute approximate surface area is 117 Å². The van der Waals surface area contributed by atoms with Crippen LogP contribution in [0.1, 0.15) is 11.1 Å². The van der Waals surface area contributed by atoms with Crippen LogP contribution in [0.5, 0.6) is 5.75 Å². The van der Waals surface area contributed by atoms with Gasteiger partial charge in [0.25, 0.3) is 0 Å². The van der Waals surface area contributed by atoms with Gasteiger partial charge in [0.1, 0.15) is 11.5 Å². The normalized spacial score (nSPS) is 10.4. The summed E-state index contributed by atoms with van der Waals surface area (Å²) in [6, 6.07) is 14.9. The van der Waals surface area contributed by atoms with E-state index in [1.165, 1.54) is 5.56 Å². The minimum Gasteiger partial charge on any atom is -0.508 e. The number of phenols is 1. The minimum absolute atomic E-state index is 0.192. The number of phenolic OH excluding ortho intramolecular Hbond substituents is 1. The third-order valence-corrected chi connectivity index (χ3v) is 3.78. The Bertz CT molecular complexity index is 561. The van der Waals surface area contributed by atoms with E-state index < -0.39 is 0 Å². The van der Waals surface area contributed by atoms with E-state index in [2.05, 4.69) is 6.07 Å². The first-order valence-corrected chi connectivity index (χ1v) is 7.11. The maximum atomic E-state index is 11.9. The molecule has 0 saturated heterocycles. The molecule has 0 radical (unpaired) electrons. The van der Waals surface area contributed by atoms with E-state index in [1.54, 1.807) is 36.0 Å². The number of ketones is 1. The van der Waals surface area contributed by atoms with Crippen LogP contribution in [-0.2, 0) is 11.2 Å². The summed E-state index contributed by atoms with van der Waals surface area (Å²) in [5.74, 6) is 0.896. The molecule has 0 bridgehead atoms. The van der Waals surface area contributed by atoms with Gasteiger partial charge in [0.2, 0.25) is 0 Å². The summed E-state index contributed by atoms with van der Waals surface area (Å²) in [7, 11) is 0. The molecule has 19 heavy (non-hydrogen) atoms. The first-order chi connectivity index (χ1) is 9.13. The number of aromatic hydroxyl groups is 1.